The molecule has 23 heavy (non-hydrogen) atoms. The summed E-state index contributed by atoms with van der Waals surface area (Å²) in [6.45, 7) is 3.91. The average Bonchev–Trinajstić information content (AvgIpc) is 2.49. The van der Waals surface area contributed by atoms with Gasteiger partial charge in [0.2, 0.25) is 0 Å². The summed E-state index contributed by atoms with van der Waals surface area (Å²) in [6.07, 6.45) is 0. The number of amides is 1. The highest BCUT2D eigenvalue weighted by Crippen LogP contribution is 2.17. The maximum absolute atomic E-state index is 13.5. The van der Waals surface area contributed by atoms with Gasteiger partial charge in [0.25, 0.3) is 5.91 Å². The molecule has 7 heteroatoms. The Morgan fingerprint density at radius 2 is 1.83 bits per heavy atom. The van der Waals surface area contributed by atoms with Gasteiger partial charge in [-0.1, -0.05) is 12.1 Å². The second-order valence-corrected chi connectivity index (χ2v) is 5.31. The van der Waals surface area contributed by atoms with Crippen molar-refractivity contribution in [3.05, 3.63) is 64.7 Å². The molecular formula is C16H15F2N3OS. The highest BCUT2D eigenvalue weighted by atomic mass is 32.1. The van der Waals surface area contributed by atoms with Crippen molar-refractivity contribution >= 4 is 28.9 Å². The van der Waals surface area contributed by atoms with Crippen molar-refractivity contribution < 1.29 is 13.6 Å². The molecular weight excluding hydrogens is 320 g/mol. The first-order chi connectivity index (χ1) is 10.9. The molecule has 2 aromatic carbocycles. The van der Waals surface area contributed by atoms with Crippen LogP contribution in [0.4, 0.5) is 14.5 Å². The quantitative estimate of drug-likeness (QED) is 0.583. The van der Waals surface area contributed by atoms with E-state index in [1.807, 2.05) is 32.0 Å². The van der Waals surface area contributed by atoms with E-state index in [0.717, 1.165) is 28.9 Å². The number of benzene rings is 2. The van der Waals surface area contributed by atoms with Crippen LogP contribution in [0, 0.1) is 25.5 Å². The first kappa shape index (κ1) is 16.8. The molecule has 2 rings (SSSR count). The van der Waals surface area contributed by atoms with Gasteiger partial charge in [-0.2, -0.15) is 0 Å². The van der Waals surface area contributed by atoms with Crippen molar-refractivity contribution in [3.63, 3.8) is 0 Å². The third kappa shape index (κ3) is 4.23. The van der Waals surface area contributed by atoms with Crippen LogP contribution < -0.4 is 16.2 Å². The van der Waals surface area contributed by atoms with E-state index < -0.39 is 17.5 Å². The largest absolute Gasteiger partial charge is 0.331 e. The van der Waals surface area contributed by atoms with Crippen molar-refractivity contribution in [3.8, 4) is 0 Å². The van der Waals surface area contributed by atoms with Crippen LogP contribution in [0.25, 0.3) is 0 Å². The molecule has 0 heterocycles. The van der Waals surface area contributed by atoms with E-state index in [1.165, 1.54) is 0 Å². The first-order valence-corrected chi connectivity index (χ1v) is 7.18. The Hall–Kier alpha value is -2.54. The number of hydrogen-bond donors (Lipinski definition) is 3. The minimum atomic E-state index is -0.947. The molecule has 3 N–H and O–H groups in total. The molecule has 0 aliphatic heterocycles. The zero-order valence-corrected chi connectivity index (χ0v) is 13.4. The maximum atomic E-state index is 13.5. The number of thiocarbonyl (C=S) groups is 1. The van der Waals surface area contributed by atoms with Gasteiger partial charge in [-0.05, 0) is 55.4 Å². The molecule has 0 unspecified atom stereocenters. The summed E-state index contributed by atoms with van der Waals surface area (Å²) >= 11 is 5.07. The van der Waals surface area contributed by atoms with Crippen molar-refractivity contribution in [2.45, 2.75) is 13.8 Å². The van der Waals surface area contributed by atoms with Gasteiger partial charge in [0.1, 0.15) is 11.6 Å². The lowest BCUT2D eigenvalue weighted by molar-refractivity contribution is 0.0940. The Balaban J connectivity index is 1.96. The molecule has 2 aromatic rings. The lowest BCUT2D eigenvalue weighted by Gasteiger charge is -2.14. The second kappa shape index (κ2) is 7.15. The molecule has 120 valence electrons. The van der Waals surface area contributed by atoms with E-state index >= 15 is 0 Å². The molecule has 0 saturated heterocycles. The predicted molar refractivity (Wildman–Crippen MR) is 89.1 cm³/mol. The molecule has 0 fully saturated rings. The lowest BCUT2D eigenvalue weighted by atomic mass is 10.1. The van der Waals surface area contributed by atoms with E-state index in [2.05, 4.69) is 16.2 Å². The van der Waals surface area contributed by atoms with Crippen LogP contribution in [-0.4, -0.2) is 11.0 Å². The lowest BCUT2D eigenvalue weighted by Crippen LogP contribution is -2.44. The van der Waals surface area contributed by atoms with Crippen molar-refractivity contribution in [1.29, 1.82) is 0 Å². The van der Waals surface area contributed by atoms with Crippen molar-refractivity contribution in [2.75, 3.05) is 5.32 Å². The Morgan fingerprint density at radius 1 is 1.09 bits per heavy atom. The molecule has 0 bridgehead atoms. The van der Waals surface area contributed by atoms with E-state index in [-0.39, 0.29) is 10.7 Å². The third-order valence-electron chi connectivity index (χ3n) is 3.32. The fourth-order valence-corrected chi connectivity index (χ4v) is 2.06. The van der Waals surface area contributed by atoms with Gasteiger partial charge in [-0.3, -0.25) is 15.6 Å². The van der Waals surface area contributed by atoms with Crippen LogP contribution in [-0.2, 0) is 0 Å². The molecule has 0 aliphatic rings. The monoisotopic (exact) mass is 335 g/mol. The van der Waals surface area contributed by atoms with E-state index in [0.29, 0.717) is 6.07 Å². The standard InChI is InChI=1S/C16H15F2N3OS/c1-9-4-3-5-14(10(9)2)19-16(23)21-20-15(22)12-7-6-11(17)8-13(12)18/h3-8H,1-2H3,(H,20,22)(H2,19,21,23). The summed E-state index contributed by atoms with van der Waals surface area (Å²) < 4.78 is 26.3. The third-order valence-corrected chi connectivity index (χ3v) is 3.52. The molecule has 0 spiro atoms. The topological polar surface area (TPSA) is 53.2 Å². The van der Waals surface area contributed by atoms with Crippen molar-refractivity contribution in [2.24, 2.45) is 0 Å². The van der Waals surface area contributed by atoms with Gasteiger partial charge < -0.3 is 5.32 Å². The van der Waals surface area contributed by atoms with Gasteiger partial charge in [0.05, 0.1) is 5.56 Å². The number of halogens is 2. The fraction of sp³-hybridized carbons (Fsp3) is 0.125. The minimum Gasteiger partial charge on any atom is -0.331 e. The number of hydrazine groups is 1. The molecule has 0 radical (unpaired) electrons. The Morgan fingerprint density at radius 3 is 2.52 bits per heavy atom. The zero-order chi connectivity index (χ0) is 17.0. The molecule has 0 saturated carbocycles. The number of aryl methyl sites for hydroxylation is 1. The van der Waals surface area contributed by atoms with Crippen LogP contribution >= 0.6 is 12.2 Å². The smallest absolute Gasteiger partial charge is 0.272 e. The first-order valence-electron chi connectivity index (χ1n) is 6.77. The van der Waals surface area contributed by atoms with Gasteiger partial charge in [0.15, 0.2) is 5.11 Å². The van der Waals surface area contributed by atoms with Crippen LogP contribution in [0.1, 0.15) is 21.5 Å². The van der Waals surface area contributed by atoms with Crippen molar-refractivity contribution in [1.82, 2.24) is 10.9 Å². The van der Waals surface area contributed by atoms with Crippen LogP contribution in [0.2, 0.25) is 0 Å². The van der Waals surface area contributed by atoms with Gasteiger partial charge in [-0.25, -0.2) is 8.78 Å². The molecule has 1 amide bonds. The fourth-order valence-electron chi connectivity index (χ4n) is 1.89. The predicted octanol–water partition coefficient (Wildman–Crippen LogP) is 3.21. The number of carbonyl (C=O) groups excluding carboxylic acids is 1. The second-order valence-electron chi connectivity index (χ2n) is 4.90. The van der Waals surface area contributed by atoms with Crippen LogP contribution in [0.5, 0.6) is 0 Å². The Labute approximate surface area is 137 Å². The summed E-state index contributed by atoms with van der Waals surface area (Å²) in [5, 5.41) is 3.08. The summed E-state index contributed by atoms with van der Waals surface area (Å²) in [5.74, 6) is -2.45. The highest BCUT2D eigenvalue weighted by Gasteiger charge is 2.12. The van der Waals surface area contributed by atoms with E-state index in [4.69, 9.17) is 12.2 Å². The van der Waals surface area contributed by atoms with E-state index in [9.17, 15) is 13.6 Å². The zero-order valence-electron chi connectivity index (χ0n) is 12.5. The van der Waals surface area contributed by atoms with Gasteiger partial charge >= 0.3 is 0 Å². The number of rotatable bonds is 2. The summed E-state index contributed by atoms with van der Waals surface area (Å²) in [7, 11) is 0. The molecule has 4 nitrogen and oxygen atoms in total. The van der Waals surface area contributed by atoms with Gasteiger partial charge in [0, 0.05) is 11.8 Å². The Bertz CT molecular complexity index is 765. The summed E-state index contributed by atoms with van der Waals surface area (Å²) in [6, 6.07) is 8.39. The number of nitrogens with one attached hydrogen (secondary N) is 3. The average molecular weight is 335 g/mol. The van der Waals surface area contributed by atoms with E-state index in [1.54, 1.807) is 0 Å². The maximum Gasteiger partial charge on any atom is 0.272 e. The summed E-state index contributed by atoms with van der Waals surface area (Å²) in [4.78, 5) is 11.8. The van der Waals surface area contributed by atoms with Crippen LogP contribution in [0.3, 0.4) is 0 Å². The Kier molecular flexibility index (Phi) is 5.23. The number of anilines is 1. The SMILES string of the molecule is Cc1cccc(NC(=S)NNC(=O)c2ccc(F)cc2F)c1C. The molecule has 0 aromatic heterocycles. The minimum absolute atomic E-state index is 0.148. The molecule has 0 aliphatic carbocycles. The van der Waals surface area contributed by atoms with Gasteiger partial charge in [-0.15, -0.1) is 0 Å². The van der Waals surface area contributed by atoms with Crippen LogP contribution in [0.15, 0.2) is 36.4 Å². The number of hydrogen-bond acceptors (Lipinski definition) is 2. The number of carbonyl (C=O) groups is 1. The highest BCUT2D eigenvalue weighted by molar-refractivity contribution is 7.80. The molecule has 0 atom stereocenters. The summed E-state index contributed by atoms with van der Waals surface area (Å²) in [5.41, 5.74) is 7.36. The normalized spacial score (nSPS) is 10.1.